The number of aryl methyl sites for hydroxylation is 1. The van der Waals surface area contributed by atoms with Crippen LogP contribution in [-0.4, -0.2) is 17.8 Å². The van der Waals surface area contributed by atoms with Gasteiger partial charge < -0.3 is 0 Å². The van der Waals surface area contributed by atoms with Crippen molar-refractivity contribution >= 4 is 61.5 Å². The van der Waals surface area contributed by atoms with Crippen LogP contribution in [0.15, 0.2) is 57.0 Å². The van der Waals surface area contributed by atoms with E-state index in [0.717, 1.165) is 19.4 Å². The summed E-state index contributed by atoms with van der Waals surface area (Å²) in [5.41, 5.74) is 1.84. The van der Waals surface area contributed by atoms with E-state index in [9.17, 15) is 14.4 Å². The highest BCUT2D eigenvalue weighted by atomic mass is 79.9. The Kier molecular flexibility index (Phi) is 4.87. The molecule has 0 radical (unpaired) electrons. The summed E-state index contributed by atoms with van der Waals surface area (Å²) in [7, 11) is 0. The van der Waals surface area contributed by atoms with Gasteiger partial charge in [-0.1, -0.05) is 44.0 Å². The number of carbonyl (C=O) groups is 3. The number of benzene rings is 2. The number of halogens is 2. The number of imide groups is 2. The van der Waals surface area contributed by atoms with Gasteiger partial charge in [-0.25, -0.2) is 9.69 Å². The van der Waals surface area contributed by atoms with Gasteiger partial charge in [-0.2, -0.15) is 0 Å². The van der Waals surface area contributed by atoms with Crippen molar-refractivity contribution in [3.8, 4) is 0 Å². The van der Waals surface area contributed by atoms with Gasteiger partial charge in [0.1, 0.15) is 5.57 Å². The van der Waals surface area contributed by atoms with Gasteiger partial charge in [0.2, 0.25) is 0 Å². The minimum absolute atomic E-state index is 0.0988. The summed E-state index contributed by atoms with van der Waals surface area (Å²) in [6.45, 7) is 1.85. The first-order chi connectivity index (χ1) is 11.9. The molecule has 0 bridgehead atoms. The van der Waals surface area contributed by atoms with E-state index in [0.29, 0.717) is 11.3 Å². The second-order valence-electron chi connectivity index (χ2n) is 5.45. The Labute approximate surface area is 161 Å². The average Bonchev–Trinajstić information content (AvgIpc) is 2.55. The Hall–Kier alpha value is -2.25. The lowest BCUT2D eigenvalue weighted by atomic mass is 10.1. The number of anilines is 1. The minimum atomic E-state index is -0.761. The van der Waals surface area contributed by atoms with Crippen LogP contribution in [0.5, 0.6) is 0 Å². The molecule has 0 spiro atoms. The van der Waals surface area contributed by atoms with Crippen LogP contribution in [0.4, 0.5) is 10.5 Å². The fraction of sp³-hybridized carbons (Fsp3) is 0.0556. The molecule has 4 amide bonds. The SMILES string of the molecule is Cc1cc(N2C(=O)NC(=O)/C(=C\c3cccc(Br)c3)C2=O)ccc1Br. The maximum Gasteiger partial charge on any atom is 0.335 e. The van der Waals surface area contributed by atoms with Gasteiger partial charge in [-0.15, -0.1) is 0 Å². The monoisotopic (exact) mass is 462 g/mol. The highest BCUT2D eigenvalue weighted by molar-refractivity contribution is 9.10. The Balaban J connectivity index is 2.03. The molecule has 0 aliphatic carbocycles. The molecule has 1 heterocycles. The van der Waals surface area contributed by atoms with Crippen molar-refractivity contribution in [3.63, 3.8) is 0 Å². The van der Waals surface area contributed by atoms with Crippen molar-refractivity contribution in [1.29, 1.82) is 0 Å². The van der Waals surface area contributed by atoms with E-state index in [4.69, 9.17) is 0 Å². The summed E-state index contributed by atoms with van der Waals surface area (Å²) in [4.78, 5) is 38.1. The van der Waals surface area contributed by atoms with Crippen LogP contribution in [0.2, 0.25) is 0 Å². The van der Waals surface area contributed by atoms with E-state index in [2.05, 4.69) is 37.2 Å². The van der Waals surface area contributed by atoms with Crippen molar-refractivity contribution in [2.75, 3.05) is 4.90 Å². The van der Waals surface area contributed by atoms with Gasteiger partial charge in [-0.3, -0.25) is 14.9 Å². The van der Waals surface area contributed by atoms with Crippen LogP contribution < -0.4 is 10.2 Å². The number of urea groups is 1. The van der Waals surface area contributed by atoms with Gasteiger partial charge in [0.25, 0.3) is 11.8 Å². The number of hydrogen-bond acceptors (Lipinski definition) is 3. The molecule has 25 heavy (non-hydrogen) atoms. The highest BCUT2D eigenvalue weighted by Gasteiger charge is 2.36. The molecule has 1 N–H and O–H groups in total. The largest absolute Gasteiger partial charge is 0.335 e. The number of nitrogens with one attached hydrogen (secondary N) is 1. The summed E-state index contributed by atoms with van der Waals surface area (Å²) in [5, 5.41) is 2.21. The summed E-state index contributed by atoms with van der Waals surface area (Å²) in [6, 6.07) is 11.5. The number of hydrogen-bond donors (Lipinski definition) is 1. The van der Waals surface area contributed by atoms with Gasteiger partial charge in [0.15, 0.2) is 0 Å². The van der Waals surface area contributed by atoms with Crippen molar-refractivity contribution in [2.45, 2.75) is 6.92 Å². The summed E-state index contributed by atoms with van der Waals surface area (Å²) >= 11 is 6.73. The maximum absolute atomic E-state index is 12.8. The molecule has 2 aromatic rings. The van der Waals surface area contributed by atoms with Crippen LogP contribution in [0.1, 0.15) is 11.1 Å². The topological polar surface area (TPSA) is 66.5 Å². The molecule has 0 aromatic heterocycles. The molecule has 0 unspecified atom stereocenters. The lowest BCUT2D eigenvalue weighted by molar-refractivity contribution is -0.122. The number of amides is 4. The minimum Gasteiger partial charge on any atom is -0.273 e. The van der Waals surface area contributed by atoms with Gasteiger partial charge >= 0.3 is 6.03 Å². The first kappa shape index (κ1) is 17.6. The fourth-order valence-electron chi connectivity index (χ4n) is 2.42. The summed E-state index contributed by atoms with van der Waals surface area (Å²) in [6.07, 6.45) is 1.47. The van der Waals surface area contributed by atoms with E-state index in [-0.39, 0.29) is 5.57 Å². The first-order valence-corrected chi connectivity index (χ1v) is 8.88. The van der Waals surface area contributed by atoms with Crippen LogP contribution in [-0.2, 0) is 9.59 Å². The van der Waals surface area contributed by atoms with E-state index in [1.54, 1.807) is 36.4 Å². The zero-order valence-corrected chi connectivity index (χ0v) is 16.2. The Bertz CT molecular complexity index is 938. The highest BCUT2D eigenvalue weighted by Crippen LogP contribution is 2.26. The Morgan fingerprint density at radius 2 is 1.80 bits per heavy atom. The van der Waals surface area contributed by atoms with Crippen molar-refractivity contribution in [3.05, 3.63) is 68.1 Å². The molecule has 7 heteroatoms. The molecule has 5 nitrogen and oxygen atoms in total. The van der Waals surface area contributed by atoms with Crippen molar-refractivity contribution in [1.82, 2.24) is 5.32 Å². The second kappa shape index (κ2) is 6.93. The second-order valence-corrected chi connectivity index (χ2v) is 7.22. The quantitative estimate of drug-likeness (QED) is 0.536. The zero-order valence-electron chi connectivity index (χ0n) is 13.0. The normalized spacial score (nSPS) is 16.4. The van der Waals surface area contributed by atoms with E-state index >= 15 is 0 Å². The average molecular weight is 464 g/mol. The van der Waals surface area contributed by atoms with Crippen LogP contribution >= 0.6 is 31.9 Å². The molecule has 0 atom stereocenters. The van der Waals surface area contributed by atoms with Crippen molar-refractivity contribution in [2.24, 2.45) is 0 Å². The fourth-order valence-corrected chi connectivity index (χ4v) is 3.09. The van der Waals surface area contributed by atoms with Crippen LogP contribution in [0, 0.1) is 6.92 Å². The smallest absolute Gasteiger partial charge is 0.273 e. The van der Waals surface area contributed by atoms with Crippen LogP contribution in [0.25, 0.3) is 6.08 Å². The third-order valence-electron chi connectivity index (χ3n) is 3.66. The van der Waals surface area contributed by atoms with Gasteiger partial charge in [0, 0.05) is 8.95 Å². The molecule has 0 saturated carbocycles. The van der Waals surface area contributed by atoms with Crippen LogP contribution in [0.3, 0.4) is 0 Å². The molecule has 2 aromatic carbocycles. The summed E-state index contributed by atoms with van der Waals surface area (Å²) in [5.74, 6) is -1.37. The van der Waals surface area contributed by atoms with E-state index < -0.39 is 17.8 Å². The molecule has 1 saturated heterocycles. The van der Waals surface area contributed by atoms with E-state index in [1.807, 2.05) is 13.0 Å². The molecular weight excluding hydrogens is 452 g/mol. The number of rotatable bonds is 2. The predicted molar refractivity (Wildman–Crippen MR) is 102 cm³/mol. The molecule has 1 aliphatic rings. The standard InChI is InChI=1S/C18H12Br2N2O3/c1-10-7-13(5-6-15(10)20)22-17(24)14(16(23)21-18(22)25)9-11-3-2-4-12(19)8-11/h2-9H,1H3,(H,21,23,25)/b14-9+. The lowest BCUT2D eigenvalue weighted by Crippen LogP contribution is -2.54. The molecule has 3 rings (SSSR count). The lowest BCUT2D eigenvalue weighted by Gasteiger charge is -2.26. The maximum atomic E-state index is 12.8. The Morgan fingerprint density at radius 1 is 1.04 bits per heavy atom. The third-order valence-corrected chi connectivity index (χ3v) is 5.04. The number of barbiturate groups is 1. The first-order valence-electron chi connectivity index (χ1n) is 7.30. The van der Waals surface area contributed by atoms with Gasteiger partial charge in [0.05, 0.1) is 5.69 Å². The van der Waals surface area contributed by atoms with Gasteiger partial charge in [-0.05, 0) is 54.5 Å². The molecule has 126 valence electrons. The zero-order chi connectivity index (χ0) is 18.1. The summed E-state index contributed by atoms with van der Waals surface area (Å²) < 4.78 is 1.68. The predicted octanol–water partition coefficient (Wildman–Crippen LogP) is 4.19. The number of carbonyl (C=O) groups excluding carboxylic acids is 3. The third kappa shape index (κ3) is 3.57. The Morgan fingerprint density at radius 3 is 2.48 bits per heavy atom. The van der Waals surface area contributed by atoms with Crippen molar-refractivity contribution < 1.29 is 14.4 Å². The molecule has 1 aliphatic heterocycles. The molecule has 1 fully saturated rings. The molecular formula is C18H12Br2N2O3. The number of nitrogens with zero attached hydrogens (tertiary/aromatic N) is 1. The van der Waals surface area contributed by atoms with E-state index in [1.165, 1.54) is 6.08 Å².